The first kappa shape index (κ1) is 11.9. The third kappa shape index (κ3) is 2.91. The normalized spacial score (nSPS) is 9.56. The van der Waals surface area contributed by atoms with E-state index in [0.717, 1.165) is 6.07 Å². The third-order valence-corrected chi connectivity index (χ3v) is 1.82. The predicted molar refractivity (Wildman–Crippen MR) is 56.8 cm³/mol. The minimum atomic E-state index is -1.22. The van der Waals surface area contributed by atoms with Crippen molar-refractivity contribution in [1.29, 1.82) is 0 Å². The zero-order valence-electron chi connectivity index (χ0n) is 8.37. The fourth-order valence-electron chi connectivity index (χ4n) is 1.08. The van der Waals surface area contributed by atoms with Gasteiger partial charge in [0.2, 0.25) is 5.91 Å². The summed E-state index contributed by atoms with van der Waals surface area (Å²) >= 11 is 0. The summed E-state index contributed by atoms with van der Waals surface area (Å²) in [6, 6.07) is 3.28. The highest BCUT2D eigenvalue weighted by Crippen LogP contribution is 2.16. The molecule has 16 heavy (non-hydrogen) atoms. The van der Waals surface area contributed by atoms with E-state index in [0.29, 0.717) is 0 Å². The van der Waals surface area contributed by atoms with Gasteiger partial charge in [-0.15, -0.1) is 6.58 Å². The zero-order chi connectivity index (χ0) is 12.1. The van der Waals surface area contributed by atoms with Gasteiger partial charge in [0, 0.05) is 6.42 Å². The molecule has 1 aromatic carbocycles. The highest BCUT2D eigenvalue weighted by molar-refractivity contribution is 5.93. The summed E-state index contributed by atoms with van der Waals surface area (Å²) in [5.74, 6) is -2.41. The maximum absolute atomic E-state index is 13.3. The van der Waals surface area contributed by atoms with Crippen molar-refractivity contribution in [2.75, 3.05) is 5.32 Å². The van der Waals surface area contributed by atoms with Crippen LogP contribution in [0.1, 0.15) is 16.8 Å². The fraction of sp³-hybridized carbons (Fsp3) is 0.0909. The van der Waals surface area contributed by atoms with Crippen LogP contribution < -0.4 is 5.32 Å². The molecule has 0 aliphatic heterocycles. The highest BCUT2D eigenvalue weighted by atomic mass is 19.1. The van der Waals surface area contributed by atoms with E-state index in [4.69, 9.17) is 5.11 Å². The Morgan fingerprint density at radius 3 is 2.69 bits per heavy atom. The second-order valence-electron chi connectivity index (χ2n) is 3.04. The minimum absolute atomic E-state index is 0.0446. The summed E-state index contributed by atoms with van der Waals surface area (Å²) in [6.07, 6.45) is 1.46. The molecular formula is C11H10FNO3. The molecule has 0 bridgehead atoms. The van der Waals surface area contributed by atoms with Crippen LogP contribution in [-0.4, -0.2) is 17.0 Å². The molecule has 0 atom stereocenters. The summed E-state index contributed by atoms with van der Waals surface area (Å²) in [7, 11) is 0. The Morgan fingerprint density at radius 2 is 2.19 bits per heavy atom. The molecule has 0 aromatic heterocycles. The summed E-state index contributed by atoms with van der Waals surface area (Å²) in [4.78, 5) is 21.6. The van der Waals surface area contributed by atoms with Crippen molar-refractivity contribution < 1.29 is 19.1 Å². The number of carbonyl (C=O) groups is 2. The van der Waals surface area contributed by atoms with Crippen LogP contribution in [0.5, 0.6) is 0 Å². The molecule has 0 saturated heterocycles. The van der Waals surface area contributed by atoms with Gasteiger partial charge in [-0.3, -0.25) is 4.79 Å². The van der Waals surface area contributed by atoms with Crippen molar-refractivity contribution in [3.63, 3.8) is 0 Å². The number of benzene rings is 1. The second kappa shape index (κ2) is 5.06. The molecule has 0 unspecified atom stereocenters. The Bertz CT molecular complexity index is 443. The number of aromatic carboxylic acids is 1. The van der Waals surface area contributed by atoms with Crippen molar-refractivity contribution in [2.24, 2.45) is 0 Å². The molecule has 0 heterocycles. The van der Waals surface area contributed by atoms with E-state index in [9.17, 15) is 14.0 Å². The Kier molecular flexibility index (Phi) is 3.77. The maximum Gasteiger partial charge on any atom is 0.335 e. The lowest BCUT2D eigenvalue weighted by atomic mass is 10.2. The van der Waals surface area contributed by atoms with Gasteiger partial charge < -0.3 is 10.4 Å². The van der Waals surface area contributed by atoms with Crippen LogP contribution >= 0.6 is 0 Å². The molecule has 0 aliphatic carbocycles. The van der Waals surface area contributed by atoms with Gasteiger partial charge in [-0.1, -0.05) is 6.08 Å². The topological polar surface area (TPSA) is 66.4 Å². The van der Waals surface area contributed by atoms with Crippen LogP contribution in [0.15, 0.2) is 30.9 Å². The second-order valence-corrected chi connectivity index (χ2v) is 3.04. The lowest BCUT2D eigenvalue weighted by molar-refractivity contribution is -0.115. The van der Waals surface area contributed by atoms with Crippen LogP contribution in [-0.2, 0) is 4.79 Å². The van der Waals surface area contributed by atoms with Crippen molar-refractivity contribution in [2.45, 2.75) is 6.42 Å². The zero-order valence-corrected chi connectivity index (χ0v) is 8.37. The van der Waals surface area contributed by atoms with Gasteiger partial charge in [-0.05, 0) is 18.2 Å². The molecule has 0 spiro atoms. The van der Waals surface area contributed by atoms with Crippen LogP contribution in [0.3, 0.4) is 0 Å². The summed E-state index contributed by atoms with van der Waals surface area (Å²) in [5, 5.41) is 10.9. The van der Waals surface area contributed by atoms with E-state index in [2.05, 4.69) is 11.9 Å². The van der Waals surface area contributed by atoms with E-state index in [1.807, 2.05) is 0 Å². The van der Waals surface area contributed by atoms with Gasteiger partial charge >= 0.3 is 5.97 Å². The Morgan fingerprint density at radius 1 is 1.50 bits per heavy atom. The highest BCUT2D eigenvalue weighted by Gasteiger charge is 2.09. The molecule has 1 aromatic rings. The number of carboxylic acid groups (broad SMARTS) is 1. The number of hydrogen-bond donors (Lipinski definition) is 2. The minimum Gasteiger partial charge on any atom is -0.478 e. The molecule has 0 fully saturated rings. The fourth-order valence-corrected chi connectivity index (χ4v) is 1.08. The summed E-state index contributed by atoms with van der Waals surface area (Å²) < 4.78 is 13.3. The molecule has 4 nitrogen and oxygen atoms in total. The molecule has 1 amide bonds. The first-order valence-corrected chi connectivity index (χ1v) is 4.48. The van der Waals surface area contributed by atoms with E-state index in [1.165, 1.54) is 18.2 Å². The molecule has 5 heteroatoms. The van der Waals surface area contributed by atoms with Crippen molar-refractivity contribution in [3.8, 4) is 0 Å². The quantitative estimate of drug-likeness (QED) is 0.767. The molecule has 0 aliphatic rings. The average Bonchev–Trinajstić information content (AvgIpc) is 2.21. The van der Waals surface area contributed by atoms with E-state index >= 15 is 0 Å². The molecule has 0 saturated carbocycles. The first-order valence-electron chi connectivity index (χ1n) is 4.48. The largest absolute Gasteiger partial charge is 0.478 e. The maximum atomic E-state index is 13.3. The molecule has 0 radical (unpaired) electrons. The van der Waals surface area contributed by atoms with Crippen LogP contribution in [0.25, 0.3) is 0 Å². The summed E-state index contributed by atoms with van der Waals surface area (Å²) in [5.41, 5.74) is -0.212. The molecular weight excluding hydrogens is 213 g/mol. The van der Waals surface area contributed by atoms with Crippen LogP contribution in [0, 0.1) is 5.82 Å². The Labute approximate surface area is 91.4 Å². The van der Waals surface area contributed by atoms with E-state index in [-0.39, 0.29) is 17.7 Å². The molecule has 2 N–H and O–H groups in total. The molecule has 1 rings (SSSR count). The third-order valence-electron chi connectivity index (χ3n) is 1.82. The van der Waals surface area contributed by atoms with Crippen LogP contribution in [0.4, 0.5) is 10.1 Å². The number of hydrogen-bond acceptors (Lipinski definition) is 2. The van der Waals surface area contributed by atoms with Crippen molar-refractivity contribution >= 4 is 17.6 Å². The van der Waals surface area contributed by atoms with Crippen LogP contribution in [0.2, 0.25) is 0 Å². The average molecular weight is 223 g/mol. The number of halogens is 1. The van der Waals surface area contributed by atoms with Gasteiger partial charge in [0.25, 0.3) is 0 Å². The number of rotatable bonds is 4. The van der Waals surface area contributed by atoms with Gasteiger partial charge in [0.15, 0.2) is 0 Å². The van der Waals surface area contributed by atoms with E-state index in [1.54, 1.807) is 0 Å². The van der Waals surface area contributed by atoms with Gasteiger partial charge in [-0.2, -0.15) is 0 Å². The standard InChI is InChI=1S/C11H10FNO3/c1-2-3-10(14)13-9-5-4-7(11(15)16)6-8(9)12/h2,4-6H,1,3H2,(H,13,14)(H,15,16). The number of nitrogens with one attached hydrogen (secondary N) is 1. The van der Waals surface area contributed by atoms with E-state index < -0.39 is 17.7 Å². The lowest BCUT2D eigenvalue weighted by Gasteiger charge is -2.05. The van der Waals surface area contributed by atoms with Gasteiger partial charge in [0.05, 0.1) is 11.3 Å². The van der Waals surface area contributed by atoms with Crippen molar-refractivity contribution in [3.05, 3.63) is 42.2 Å². The monoisotopic (exact) mass is 223 g/mol. The molecule has 84 valence electrons. The summed E-state index contributed by atoms with van der Waals surface area (Å²) in [6.45, 7) is 3.37. The predicted octanol–water partition coefficient (Wildman–Crippen LogP) is 2.04. The first-order chi connectivity index (χ1) is 7.54. The SMILES string of the molecule is C=CCC(=O)Nc1ccc(C(=O)O)cc1F. The number of carboxylic acids is 1. The lowest BCUT2D eigenvalue weighted by Crippen LogP contribution is -2.11. The van der Waals surface area contributed by atoms with Crippen molar-refractivity contribution in [1.82, 2.24) is 0 Å². The van der Waals surface area contributed by atoms with Gasteiger partial charge in [-0.25, -0.2) is 9.18 Å². The van der Waals surface area contributed by atoms with Gasteiger partial charge in [0.1, 0.15) is 5.82 Å². The Hall–Kier alpha value is -2.17. The Balaban J connectivity index is 2.87. The number of anilines is 1. The number of amides is 1. The number of carbonyl (C=O) groups excluding carboxylic acids is 1. The smallest absolute Gasteiger partial charge is 0.335 e.